The van der Waals surface area contributed by atoms with Crippen molar-refractivity contribution in [2.24, 2.45) is 7.05 Å². The fraction of sp³-hybridized carbons (Fsp3) is 0.100. The number of halogens is 1. The van der Waals surface area contributed by atoms with Crippen LogP contribution < -0.4 is 5.32 Å². The highest BCUT2D eigenvalue weighted by Gasteiger charge is 2.20. The first-order valence-corrected chi connectivity index (χ1v) is 11.2. The van der Waals surface area contributed by atoms with Crippen LogP contribution in [0.5, 0.6) is 0 Å². The van der Waals surface area contributed by atoms with Gasteiger partial charge in [0, 0.05) is 41.2 Å². The van der Waals surface area contributed by atoms with Crippen molar-refractivity contribution in [3.63, 3.8) is 0 Å². The lowest BCUT2D eigenvalue weighted by molar-refractivity contribution is -0.387. The topological polar surface area (TPSA) is 116 Å². The van der Waals surface area contributed by atoms with E-state index in [1.165, 1.54) is 35.9 Å². The van der Waals surface area contributed by atoms with Crippen LogP contribution in [-0.2, 0) is 13.5 Å². The minimum atomic E-state index is -0.527. The smallest absolute Gasteiger partial charge is 0.284 e. The number of nitrogens with zero attached hydrogens (tertiary/aromatic N) is 5. The van der Waals surface area contributed by atoms with E-state index in [-0.39, 0.29) is 11.3 Å². The van der Waals surface area contributed by atoms with Crippen LogP contribution in [0, 0.1) is 10.1 Å². The van der Waals surface area contributed by atoms with Crippen molar-refractivity contribution in [2.45, 2.75) is 16.5 Å². The van der Waals surface area contributed by atoms with E-state index in [1.807, 2.05) is 24.3 Å². The second-order valence-corrected chi connectivity index (χ2v) is 9.15. The minimum Gasteiger partial charge on any atom is -0.311 e. The number of carbonyl (C=O) groups is 1. The molecule has 0 atom stereocenters. The van der Waals surface area contributed by atoms with E-state index < -0.39 is 10.8 Å². The molecular formula is C20H15ClN6O3S2. The van der Waals surface area contributed by atoms with E-state index in [2.05, 4.69) is 20.5 Å². The quantitative estimate of drug-likeness (QED) is 0.294. The molecule has 0 spiro atoms. The van der Waals surface area contributed by atoms with Gasteiger partial charge in [-0.15, -0.1) is 21.5 Å². The van der Waals surface area contributed by atoms with Crippen LogP contribution in [0.2, 0.25) is 5.02 Å². The Hall–Kier alpha value is -3.28. The second kappa shape index (κ2) is 9.47. The van der Waals surface area contributed by atoms with Crippen molar-refractivity contribution in [1.29, 1.82) is 0 Å². The van der Waals surface area contributed by atoms with Gasteiger partial charge in [-0.25, -0.2) is 4.98 Å². The van der Waals surface area contributed by atoms with E-state index in [4.69, 9.17) is 11.6 Å². The van der Waals surface area contributed by atoms with Crippen LogP contribution in [0.3, 0.4) is 0 Å². The Morgan fingerprint density at radius 1 is 1.31 bits per heavy atom. The van der Waals surface area contributed by atoms with Crippen molar-refractivity contribution in [3.05, 3.63) is 86.1 Å². The molecule has 0 fully saturated rings. The number of carbonyl (C=O) groups excluding carboxylic acids is 1. The SMILES string of the molecule is Cn1cnnc1Sc1ccc(C(=O)Nc2ncc(Cc3ccccc3Cl)s2)cc1[N+](=O)[O-]. The van der Waals surface area contributed by atoms with Crippen molar-refractivity contribution in [2.75, 3.05) is 5.32 Å². The van der Waals surface area contributed by atoms with Crippen LogP contribution in [0.4, 0.5) is 10.8 Å². The lowest BCUT2D eigenvalue weighted by Crippen LogP contribution is -2.12. The average Bonchev–Trinajstić information content (AvgIpc) is 3.38. The highest BCUT2D eigenvalue weighted by Crippen LogP contribution is 2.34. The van der Waals surface area contributed by atoms with Crippen molar-refractivity contribution >= 4 is 51.4 Å². The first-order valence-electron chi connectivity index (χ1n) is 9.20. The summed E-state index contributed by atoms with van der Waals surface area (Å²) in [6.45, 7) is 0. The molecule has 4 aromatic rings. The van der Waals surface area contributed by atoms with Gasteiger partial charge in [-0.1, -0.05) is 29.8 Å². The summed E-state index contributed by atoms with van der Waals surface area (Å²) < 4.78 is 1.65. The maximum absolute atomic E-state index is 12.7. The van der Waals surface area contributed by atoms with Crippen molar-refractivity contribution in [1.82, 2.24) is 19.7 Å². The van der Waals surface area contributed by atoms with Gasteiger partial charge in [0.25, 0.3) is 11.6 Å². The molecule has 0 saturated carbocycles. The summed E-state index contributed by atoms with van der Waals surface area (Å²) in [6, 6.07) is 11.8. The highest BCUT2D eigenvalue weighted by atomic mass is 35.5. The first kappa shape index (κ1) is 21.9. The Balaban J connectivity index is 1.49. The summed E-state index contributed by atoms with van der Waals surface area (Å²) >= 11 is 8.62. The number of hydrogen-bond donors (Lipinski definition) is 1. The molecule has 0 aliphatic rings. The zero-order valence-corrected chi connectivity index (χ0v) is 18.9. The Bertz CT molecular complexity index is 1310. The molecular weight excluding hydrogens is 472 g/mol. The molecule has 12 heteroatoms. The maximum atomic E-state index is 12.7. The van der Waals surface area contributed by atoms with E-state index in [0.29, 0.717) is 26.6 Å². The van der Waals surface area contributed by atoms with Crippen LogP contribution >= 0.6 is 34.7 Å². The number of nitrogens with one attached hydrogen (secondary N) is 1. The summed E-state index contributed by atoms with van der Waals surface area (Å²) in [5.74, 6) is -0.484. The van der Waals surface area contributed by atoms with Gasteiger partial charge in [0.1, 0.15) is 6.33 Å². The Labute approximate surface area is 195 Å². The molecule has 4 rings (SSSR count). The van der Waals surface area contributed by atoms with Gasteiger partial charge >= 0.3 is 0 Å². The molecule has 1 amide bonds. The third kappa shape index (κ3) is 4.96. The van der Waals surface area contributed by atoms with Gasteiger partial charge in [0.2, 0.25) is 0 Å². The molecule has 32 heavy (non-hydrogen) atoms. The summed E-state index contributed by atoms with van der Waals surface area (Å²) in [6.07, 6.45) is 3.77. The Morgan fingerprint density at radius 2 is 2.12 bits per heavy atom. The molecule has 2 aromatic carbocycles. The number of nitro benzene ring substituents is 1. The van der Waals surface area contributed by atoms with Crippen LogP contribution in [0.1, 0.15) is 20.8 Å². The normalized spacial score (nSPS) is 10.8. The third-order valence-electron chi connectivity index (χ3n) is 4.39. The van der Waals surface area contributed by atoms with E-state index in [1.54, 1.807) is 17.8 Å². The molecule has 0 aliphatic heterocycles. The molecule has 0 saturated heterocycles. The molecule has 162 valence electrons. The predicted molar refractivity (Wildman–Crippen MR) is 123 cm³/mol. The molecule has 9 nitrogen and oxygen atoms in total. The van der Waals surface area contributed by atoms with Crippen molar-refractivity contribution < 1.29 is 9.72 Å². The standard InChI is InChI=1S/C20H15ClN6O3S2/c1-26-11-23-25-20(26)32-17-7-6-13(9-16(17)27(29)30)18(28)24-19-22-10-14(31-19)8-12-4-2-3-5-15(12)21/h2-7,9-11H,8H2,1H3,(H,22,24,28). The highest BCUT2D eigenvalue weighted by molar-refractivity contribution is 7.99. The van der Waals surface area contributed by atoms with Crippen LogP contribution in [0.25, 0.3) is 0 Å². The molecule has 0 aliphatic carbocycles. The number of thiazole rings is 1. The summed E-state index contributed by atoms with van der Waals surface area (Å²) in [5.41, 5.74) is 0.924. The second-order valence-electron chi connectivity index (χ2n) is 6.62. The van der Waals surface area contributed by atoms with Gasteiger partial charge in [-0.3, -0.25) is 20.2 Å². The minimum absolute atomic E-state index is 0.155. The van der Waals surface area contributed by atoms with E-state index in [0.717, 1.165) is 22.2 Å². The Morgan fingerprint density at radius 3 is 2.84 bits per heavy atom. The first-order chi connectivity index (χ1) is 15.4. The maximum Gasteiger partial charge on any atom is 0.284 e. The summed E-state index contributed by atoms with van der Waals surface area (Å²) in [7, 11) is 1.74. The fourth-order valence-corrected chi connectivity index (χ4v) is 4.68. The van der Waals surface area contributed by atoms with Gasteiger partial charge in [0.05, 0.1) is 9.82 Å². The third-order valence-corrected chi connectivity index (χ3v) is 6.78. The fourth-order valence-electron chi connectivity index (χ4n) is 2.80. The monoisotopic (exact) mass is 486 g/mol. The molecule has 0 bridgehead atoms. The number of benzene rings is 2. The van der Waals surface area contributed by atoms with E-state index >= 15 is 0 Å². The number of amides is 1. The zero-order valence-electron chi connectivity index (χ0n) is 16.6. The number of aromatic nitrogens is 4. The number of nitro groups is 1. The molecule has 0 unspecified atom stereocenters. The lowest BCUT2D eigenvalue weighted by atomic mass is 10.1. The summed E-state index contributed by atoms with van der Waals surface area (Å²) in [5, 5.41) is 23.5. The molecule has 0 radical (unpaired) electrons. The van der Waals surface area contributed by atoms with Crippen LogP contribution in [-0.4, -0.2) is 30.6 Å². The van der Waals surface area contributed by atoms with Crippen LogP contribution in [0.15, 0.2) is 65.0 Å². The van der Waals surface area contributed by atoms with Crippen molar-refractivity contribution in [3.8, 4) is 0 Å². The molecule has 2 aromatic heterocycles. The van der Waals surface area contributed by atoms with Gasteiger partial charge in [-0.2, -0.15) is 0 Å². The average molecular weight is 487 g/mol. The molecule has 2 heterocycles. The largest absolute Gasteiger partial charge is 0.311 e. The number of aryl methyl sites for hydroxylation is 1. The number of rotatable bonds is 7. The van der Waals surface area contributed by atoms with Gasteiger partial charge in [0.15, 0.2) is 10.3 Å². The summed E-state index contributed by atoms with van der Waals surface area (Å²) in [4.78, 5) is 29.2. The Kier molecular flexibility index (Phi) is 6.49. The number of hydrogen-bond acceptors (Lipinski definition) is 8. The predicted octanol–water partition coefficient (Wildman–Crippen LogP) is 4.83. The number of anilines is 1. The van der Waals surface area contributed by atoms with Gasteiger partial charge in [-0.05, 0) is 35.5 Å². The zero-order chi connectivity index (χ0) is 22.7. The lowest BCUT2D eigenvalue weighted by Gasteiger charge is -2.05. The van der Waals surface area contributed by atoms with E-state index in [9.17, 15) is 14.9 Å². The molecule has 1 N–H and O–H groups in total. The van der Waals surface area contributed by atoms with Gasteiger partial charge < -0.3 is 4.57 Å².